The maximum atomic E-state index is 12.9. The van der Waals surface area contributed by atoms with E-state index in [1.165, 1.54) is 0 Å². The minimum Gasteiger partial charge on any atom is -0.467 e. The monoisotopic (exact) mass is 1570 g/mol. The molecule has 1 heterocycles. The summed E-state index contributed by atoms with van der Waals surface area (Å²) in [6.07, 6.45) is 4.46. The second-order valence-corrected chi connectivity index (χ2v) is 31.9. The molecule has 40 heteroatoms. The zero-order valence-electron chi connectivity index (χ0n) is 57.5. The lowest BCUT2D eigenvalue weighted by Gasteiger charge is -2.18. The quantitative estimate of drug-likeness (QED) is 0.0983. The van der Waals surface area contributed by atoms with Crippen molar-refractivity contribution in [3.8, 4) is 0 Å². The first kappa shape index (κ1) is 92.3. The summed E-state index contributed by atoms with van der Waals surface area (Å²) in [7, 11) is 18.4. The van der Waals surface area contributed by atoms with Crippen LogP contribution in [0, 0.1) is 0 Å². The number of carbonyl (C=O) groups is 16. The second kappa shape index (κ2) is 56.8. The number of amides is 8. The first-order chi connectivity index (χ1) is 47.9. The number of nitrogens with one attached hydrogen (secondary N) is 8. The van der Waals surface area contributed by atoms with E-state index in [4.69, 9.17) is 37.9 Å². The highest BCUT2D eigenvalue weighted by Gasteiger charge is 2.30. The lowest BCUT2D eigenvalue weighted by Crippen LogP contribution is -2.44. The predicted octanol–water partition coefficient (Wildman–Crippen LogP) is 2.59. The molecule has 0 saturated carbocycles. The summed E-state index contributed by atoms with van der Waals surface area (Å²) in [5, 5.41) is 21.1. The van der Waals surface area contributed by atoms with Crippen LogP contribution in [0.1, 0.15) is 128 Å². The molecule has 0 bridgehead atoms. The minimum absolute atomic E-state index is 0.00148. The Morgan fingerprint density at radius 2 is 0.310 bits per heavy atom. The van der Waals surface area contributed by atoms with Gasteiger partial charge in [0.25, 0.3) is 0 Å². The van der Waals surface area contributed by atoms with E-state index in [0.29, 0.717) is 77.0 Å². The summed E-state index contributed by atoms with van der Waals surface area (Å²) in [6.45, 7) is 0. The largest absolute Gasteiger partial charge is 0.467 e. The number of ether oxygens (including phenoxy) is 8. The highest BCUT2D eigenvalue weighted by molar-refractivity contribution is 8.77. The first-order valence-corrected chi connectivity index (χ1v) is 41.8. The molecule has 568 valence electrons. The zero-order valence-corrected chi connectivity index (χ0v) is 64.0. The molecule has 0 spiro atoms. The molecule has 0 aromatic rings. The molecule has 8 amide bonds. The van der Waals surface area contributed by atoms with Gasteiger partial charge in [-0.1, -0.05) is 112 Å². The van der Waals surface area contributed by atoms with Crippen molar-refractivity contribution in [3.05, 3.63) is 0 Å². The Hall–Kier alpha value is -5.68. The number of rotatable bonds is 8. The minimum atomic E-state index is -1.07. The average Bonchev–Trinajstić information content (AvgIpc) is 1.01. The van der Waals surface area contributed by atoms with Gasteiger partial charge in [0.05, 0.1) is 56.9 Å². The van der Waals surface area contributed by atoms with Crippen LogP contribution >= 0.6 is 86.4 Å². The first-order valence-electron chi connectivity index (χ1n) is 31.9. The number of hydrogen-bond acceptors (Lipinski definition) is 32. The smallest absolute Gasteiger partial charge is 0.329 e. The van der Waals surface area contributed by atoms with Gasteiger partial charge >= 0.3 is 47.8 Å². The van der Waals surface area contributed by atoms with E-state index in [1.807, 2.05) is 0 Å². The third-order valence-corrected chi connectivity index (χ3v) is 23.7. The molecule has 1 aliphatic rings. The fourth-order valence-corrected chi connectivity index (χ4v) is 17.7. The average molecular weight is 1570 g/mol. The van der Waals surface area contributed by atoms with Crippen molar-refractivity contribution in [3.63, 3.8) is 0 Å². The molecule has 1 rings (SSSR count). The summed E-state index contributed by atoms with van der Waals surface area (Å²) >= 11 is 0. The van der Waals surface area contributed by atoms with Gasteiger partial charge in [-0.25, -0.2) is 38.4 Å². The fraction of sp³-hybridized carbons (Fsp3) is 0.733. The van der Waals surface area contributed by atoms with Crippen molar-refractivity contribution in [2.45, 2.75) is 177 Å². The van der Waals surface area contributed by atoms with E-state index >= 15 is 0 Å². The normalized spacial score (nSPS) is 24.1. The molecule has 0 aromatic heterocycles. The summed E-state index contributed by atoms with van der Waals surface area (Å²) in [5.41, 5.74) is 0. The maximum absolute atomic E-state index is 12.9. The summed E-state index contributed by atoms with van der Waals surface area (Å²) in [6, 6.07) is -8.54. The number of hydrogen-bond donors (Lipinski definition) is 8. The van der Waals surface area contributed by atoms with Gasteiger partial charge in [0.2, 0.25) is 47.3 Å². The third-order valence-electron chi connectivity index (χ3n) is 14.0. The van der Waals surface area contributed by atoms with Crippen LogP contribution in [0.4, 0.5) is 0 Å². The van der Waals surface area contributed by atoms with Crippen LogP contribution in [-0.2, 0) is 115 Å². The summed E-state index contributed by atoms with van der Waals surface area (Å²) in [4.78, 5) is 205. The van der Waals surface area contributed by atoms with E-state index in [-0.39, 0.29) is 97.4 Å². The number of methoxy groups -OCH3 is 8. The van der Waals surface area contributed by atoms with E-state index in [9.17, 15) is 76.7 Å². The van der Waals surface area contributed by atoms with Crippen molar-refractivity contribution < 1.29 is 115 Å². The van der Waals surface area contributed by atoms with Crippen molar-refractivity contribution in [1.82, 2.24) is 42.5 Å². The van der Waals surface area contributed by atoms with Crippen LogP contribution < -0.4 is 42.5 Å². The Morgan fingerprint density at radius 3 is 0.400 bits per heavy atom. The lowest BCUT2D eigenvalue weighted by atomic mass is 10.1. The summed E-state index contributed by atoms with van der Waals surface area (Å²) < 4.78 is 39.1. The molecule has 0 unspecified atom stereocenters. The van der Waals surface area contributed by atoms with E-state index in [2.05, 4.69) is 42.5 Å². The van der Waals surface area contributed by atoms with Gasteiger partial charge < -0.3 is 80.4 Å². The molecule has 0 aromatic carbocycles. The standard InChI is InChI=1S/C60H96N8O24S8/c1-85-53(77)37-29-93-94-30-38(54(78)86-2)62-46(70)23-15-10-16-24-48(72)64-41(57(81)89-5)33-97-98-34-42(58(82)90-6)66-50(74)27-19-12-20-28-52(76)68-44(60(84)92-8)36-100-99-35-43(59(83)91-7)67-51(75)26-18-11-17-25-49(73)65-40(56(80)88-4)32-96-95-31-39(55(79)87-3)63-47(71)22-14-9-13-21-45(69)61-37/h37-44H,9-36H2,1-8H3,(H,61,69)(H,62,70)(H,63,71)(H,64,72)(H,65,73)(H,66,74)(H,67,75)(H,68,76)/t37-,38-,39-,40-,41-,42-,43-,44-/m0/s1. The second-order valence-electron chi connectivity index (χ2n) is 21.7. The van der Waals surface area contributed by atoms with Gasteiger partial charge in [0.15, 0.2) is 0 Å². The molecule has 0 aliphatic carbocycles. The molecule has 8 N–H and O–H groups in total. The topological polar surface area (TPSA) is 443 Å². The van der Waals surface area contributed by atoms with Crippen LogP contribution in [0.2, 0.25) is 0 Å². The van der Waals surface area contributed by atoms with Crippen LogP contribution in [0.3, 0.4) is 0 Å². The molecule has 0 radical (unpaired) electrons. The van der Waals surface area contributed by atoms with Crippen LogP contribution in [0.25, 0.3) is 0 Å². The molecular formula is C60H96N8O24S8. The van der Waals surface area contributed by atoms with Gasteiger partial charge in [-0.2, -0.15) is 0 Å². The Balaban J connectivity index is 3.11. The van der Waals surface area contributed by atoms with Gasteiger partial charge in [-0.3, -0.25) is 38.4 Å². The highest BCUT2D eigenvalue weighted by atomic mass is 33.1. The molecular weight excluding hydrogens is 1470 g/mol. The molecule has 1 saturated heterocycles. The van der Waals surface area contributed by atoms with Gasteiger partial charge in [0.1, 0.15) is 48.3 Å². The van der Waals surface area contributed by atoms with E-state index in [0.717, 1.165) is 143 Å². The van der Waals surface area contributed by atoms with Gasteiger partial charge in [-0.05, 0) is 51.4 Å². The molecule has 100 heavy (non-hydrogen) atoms. The van der Waals surface area contributed by atoms with Crippen LogP contribution in [0.5, 0.6) is 0 Å². The van der Waals surface area contributed by atoms with Crippen molar-refractivity contribution in [2.24, 2.45) is 0 Å². The van der Waals surface area contributed by atoms with Crippen LogP contribution in [-0.4, -0.2) is 246 Å². The molecule has 1 fully saturated rings. The molecule has 1 aliphatic heterocycles. The van der Waals surface area contributed by atoms with Gasteiger partial charge in [0, 0.05) is 97.4 Å². The number of esters is 8. The number of carbonyl (C=O) groups excluding carboxylic acids is 16. The van der Waals surface area contributed by atoms with E-state index < -0.39 is 143 Å². The van der Waals surface area contributed by atoms with Gasteiger partial charge in [-0.15, -0.1) is 0 Å². The SMILES string of the molecule is COC(=O)[C@@H]1CSSC[C@@H](C(=O)OC)NC(=O)CCCCCC(=O)N[C@H](C(=O)OC)CSSC[C@@H](C(=O)OC)NC(=O)CCCCCC(=O)N[C@H](C(=O)OC)CSSC[C@@H](C(=O)OC)NC(=O)CCCCCC(=O)N[C@H](C(=O)OC)CSSC[C@@H](C(=O)OC)NC(=O)CCCCCC(=O)N1. The Bertz CT molecular complexity index is 2130. The summed E-state index contributed by atoms with van der Waals surface area (Å²) in [5.74, 6) is -9.23. The van der Waals surface area contributed by atoms with Crippen molar-refractivity contribution in [2.75, 3.05) is 103 Å². The molecule has 32 nitrogen and oxygen atoms in total. The third kappa shape index (κ3) is 42.7. The lowest BCUT2D eigenvalue weighted by molar-refractivity contribution is -0.144. The highest BCUT2D eigenvalue weighted by Crippen LogP contribution is 2.28. The predicted molar refractivity (Wildman–Crippen MR) is 384 cm³/mol. The zero-order chi connectivity index (χ0) is 74.6. The van der Waals surface area contributed by atoms with Crippen LogP contribution in [0.15, 0.2) is 0 Å². The Labute approximate surface area is 614 Å². The van der Waals surface area contributed by atoms with E-state index in [1.54, 1.807) is 0 Å². The van der Waals surface area contributed by atoms with Crippen molar-refractivity contribution >= 4 is 181 Å². The Morgan fingerprint density at radius 1 is 0.210 bits per heavy atom. The maximum Gasteiger partial charge on any atom is 0.329 e. The fourth-order valence-electron chi connectivity index (χ4n) is 8.54. The van der Waals surface area contributed by atoms with Crippen molar-refractivity contribution in [1.29, 1.82) is 0 Å². The molecule has 8 atom stereocenters. The Kier molecular flexibility index (Phi) is 52.5.